The van der Waals surface area contributed by atoms with Crippen LogP contribution < -0.4 is 0 Å². The van der Waals surface area contributed by atoms with Crippen LogP contribution in [0.25, 0.3) is 0 Å². The zero-order valence-electron chi connectivity index (χ0n) is 18.0. The highest BCUT2D eigenvalue weighted by Gasteiger charge is 2.43. The quantitative estimate of drug-likeness (QED) is 0.708. The first-order valence-electron chi connectivity index (χ1n) is 11.8. The van der Waals surface area contributed by atoms with Crippen LogP contribution in [0.2, 0.25) is 0 Å². The number of ether oxygens (including phenoxy) is 1. The van der Waals surface area contributed by atoms with E-state index in [1.54, 1.807) is 0 Å². The minimum absolute atomic E-state index is 0.708. The summed E-state index contributed by atoms with van der Waals surface area (Å²) in [5.41, 5.74) is 0.708. The molecule has 1 aliphatic carbocycles. The number of hydrogen-bond donors (Lipinski definition) is 0. The summed E-state index contributed by atoms with van der Waals surface area (Å²) in [7, 11) is 4.12. The summed E-state index contributed by atoms with van der Waals surface area (Å²) in [6, 6.07) is 0. The van der Waals surface area contributed by atoms with Crippen LogP contribution in [0.5, 0.6) is 0 Å². The van der Waals surface area contributed by atoms with Gasteiger partial charge >= 0.3 is 0 Å². The number of methoxy groups -OCH3 is 1. The Hall–Kier alpha value is -0.160. The van der Waals surface area contributed by atoms with Crippen molar-refractivity contribution in [2.24, 2.45) is 23.2 Å². The van der Waals surface area contributed by atoms with Gasteiger partial charge in [0, 0.05) is 39.9 Å². The van der Waals surface area contributed by atoms with Crippen LogP contribution >= 0.6 is 0 Å². The second-order valence-electron chi connectivity index (χ2n) is 10.6. The van der Waals surface area contributed by atoms with Crippen molar-refractivity contribution in [3.05, 3.63) is 0 Å². The smallest absolute Gasteiger partial charge is 0.0491 e. The summed E-state index contributed by atoms with van der Waals surface area (Å²) in [4.78, 5) is 8.04. The van der Waals surface area contributed by atoms with Crippen LogP contribution in [0.1, 0.15) is 51.4 Å². The average Bonchev–Trinajstić information content (AvgIpc) is 2.66. The number of nitrogens with zero attached hydrogens (tertiary/aromatic N) is 3. The molecule has 1 spiro atoms. The van der Waals surface area contributed by atoms with E-state index in [4.69, 9.17) is 4.74 Å². The molecular formula is C23H43N3O. The Balaban J connectivity index is 1.10. The normalized spacial score (nSPS) is 34.0. The van der Waals surface area contributed by atoms with Crippen molar-refractivity contribution in [1.82, 2.24) is 14.7 Å². The first kappa shape index (κ1) is 20.1. The Labute approximate surface area is 167 Å². The molecule has 4 fully saturated rings. The second kappa shape index (κ2) is 9.11. The summed E-state index contributed by atoms with van der Waals surface area (Å²) >= 11 is 0. The molecule has 0 atom stereocenters. The van der Waals surface area contributed by atoms with Gasteiger partial charge in [-0.3, -0.25) is 0 Å². The van der Waals surface area contributed by atoms with Gasteiger partial charge in [-0.05, 0) is 108 Å². The van der Waals surface area contributed by atoms with Crippen LogP contribution in [0.4, 0.5) is 0 Å². The lowest BCUT2D eigenvalue weighted by Crippen LogP contribution is -2.59. The SMILES string of the molecule is COCC1CCN(C[C@H]2CC[C@H](CN3CCC4(CC3)CN(C)C4)CC2)CC1. The molecule has 4 nitrogen and oxygen atoms in total. The van der Waals surface area contributed by atoms with Gasteiger partial charge in [0.1, 0.15) is 0 Å². The van der Waals surface area contributed by atoms with Gasteiger partial charge in [0.15, 0.2) is 0 Å². The molecule has 27 heavy (non-hydrogen) atoms. The van der Waals surface area contributed by atoms with Crippen molar-refractivity contribution < 1.29 is 4.74 Å². The van der Waals surface area contributed by atoms with Crippen LogP contribution in [-0.4, -0.2) is 87.8 Å². The predicted octanol–water partition coefficient (Wildman–Crippen LogP) is 3.18. The Bertz CT molecular complexity index is 439. The first-order chi connectivity index (χ1) is 13.1. The maximum Gasteiger partial charge on any atom is 0.0491 e. The van der Waals surface area contributed by atoms with Crippen molar-refractivity contribution in [1.29, 1.82) is 0 Å². The predicted molar refractivity (Wildman–Crippen MR) is 112 cm³/mol. The van der Waals surface area contributed by atoms with Crippen molar-refractivity contribution in [2.75, 3.05) is 73.1 Å². The molecule has 0 aromatic heterocycles. The fraction of sp³-hybridized carbons (Fsp3) is 1.00. The monoisotopic (exact) mass is 377 g/mol. The molecule has 4 aliphatic rings. The molecule has 0 aromatic rings. The van der Waals surface area contributed by atoms with Gasteiger partial charge in [-0.1, -0.05) is 0 Å². The molecule has 4 heteroatoms. The van der Waals surface area contributed by atoms with E-state index in [-0.39, 0.29) is 0 Å². The Morgan fingerprint density at radius 1 is 0.741 bits per heavy atom. The van der Waals surface area contributed by atoms with E-state index in [1.807, 2.05) is 7.11 Å². The molecule has 4 rings (SSSR count). The molecule has 3 aliphatic heterocycles. The van der Waals surface area contributed by atoms with Gasteiger partial charge in [0.05, 0.1) is 0 Å². The van der Waals surface area contributed by atoms with E-state index in [0.29, 0.717) is 5.41 Å². The summed E-state index contributed by atoms with van der Waals surface area (Å²) < 4.78 is 5.34. The Morgan fingerprint density at radius 3 is 1.74 bits per heavy atom. The molecule has 0 N–H and O–H groups in total. The molecular weight excluding hydrogens is 334 g/mol. The van der Waals surface area contributed by atoms with Gasteiger partial charge in [-0.25, -0.2) is 0 Å². The average molecular weight is 378 g/mol. The van der Waals surface area contributed by atoms with Gasteiger partial charge in [0.2, 0.25) is 0 Å². The largest absolute Gasteiger partial charge is 0.384 e. The third kappa shape index (κ3) is 5.26. The minimum Gasteiger partial charge on any atom is -0.384 e. The number of likely N-dealkylation sites (tertiary alicyclic amines) is 3. The fourth-order valence-corrected chi connectivity index (χ4v) is 6.52. The van der Waals surface area contributed by atoms with Crippen LogP contribution in [0.3, 0.4) is 0 Å². The Morgan fingerprint density at radius 2 is 1.26 bits per heavy atom. The highest BCUT2D eigenvalue weighted by molar-refractivity contribution is 4.97. The van der Waals surface area contributed by atoms with E-state index in [1.165, 1.54) is 104 Å². The fourth-order valence-electron chi connectivity index (χ4n) is 6.52. The van der Waals surface area contributed by atoms with Gasteiger partial charge in [0.25, 0.3) is 0 Å². The maximum atomic E-state index is 5.34. The molecule has 1 saturated carbocycles. The molecule has 0 aromatic carbocycles. The molecule has 0 radical (unpaired) electrons. The van der Waals surface area contributed by atoms with Gasteiger partial charge < -0.3 is 19.4 Å². The highest BCUT2D eigenvalue weighted by atomic mass is 16.5. The van der Waals surface area contributed by atoms with Crippen molar-refractivity contribution >= 4 is 0 Å². The van der Waals surface area contributed by atoms with E-state index in [2.05, 4.69) is 21.7 Å². The Kier molecular flexibility index (Phi) is 6.79. The van der Waals surface area contributed by atoms with Crippen LogP contribution in [0, 0.1) is 23.2 Å². The molecule has 3 saturated heterocycles. The van der Waals surface area contributed by atoms with E-state index >= 15 is 0 Å². The third-order valence-electron chi connectivity index (χ3n) is 8.24. The lowest BCUT2D eigenvalue weighted by atomic mass is 9.72. The molecule has 0 unspecified atom stereocenters. The molecule has 0 amide bonds. The molecule has 3 heterocycles. The minimum atomic E-state index is 0.708. The third-order valence-corrected chi connectivity index (χ3v) is 8.24. The maximum absolute atomic E-state index is 5.34. The first-order valence-corrected chi connectivity index (χ1v) is 11.8. The standard InChI is InChI=1S/C23H43N3O/c1-24-18-23(19-24)9-13-26(14-10-23)16-21-5-3-20(4-6-21)15-25-11-7-22(8-12-25)17-27-2/h20-22H,3-19H2,1-2H3/t20-,21-. The lowest BCUT2D eigenvalue weighted by molar-refractivity contribution is -0.0352. The van der Waals surface area contributed by atoms with Crippen molar-refractivity contribution in [2.45, 2.75) is 51.4 Å². The van der Waals surface area contributed by atoms with E-state index in [9.17, 15) is 0 Å². The second-order valence-corrected chi connectivity index (χ2v) is 10.6. The topological polar surface area (TPSA) is 19.0 Å². The van der Waals surface area contributed by atoms with Gasteiger partial charge in [-0.15, -0.1) is 0 Å². The summed E-state index contributed by atoms with van der Waals surface area (Å²) in [5, 5.41) is 0. The summed E-state index contributed by atoms with van der Waals surface area (Å²) in [5.74, 6) is 2.76. The van der Waals surface area contributed by atoms with E-state index in [0.717, 1.165) is 24.4 Å². The zero-order valence-corrected chi connectivity index (χ0v) is 18.0. The van der Waals surface area contributed by atoms with Crippen LogP contribution in [0.15, 0.2) is 0 Å². The molecule has 156 valence electrons. The number of hydrogen-bond acceptors (Lipinski definition) is 4. The highest BCUT2D eigenvalue weighted by Crippen LogP contribution is 2.40. The zero-order chi connectivity index (χ0) is 18.7. The summed E-state index contributed by atoms with van der Waals surface area (Å²) in [6.45, 7) is 11.8. The number of piperidine rings is 2. The molecule has 0 bridgehead atoms. The summed E-state index contributed by atoms with van der Waals surface area (Å²) in [6.07, 6.45) is 11.5. The van der Waals surface area contributed by atoms with Crippen molar-refractivity contribution in [3.63, 3.8) is 0 Å². The van der Waals surface area contributed by atoms with E-state index < -0.39 is 0 Å². The number of rotatable bonds is 6. The van der Waals surface area contributed by atoms with Crippen molar-refractivity contribution in [3.8, 4) is 0 Å². The van der Waals surface area contributed by atoms with Gasteiger partial charge in [-0.2, -0.15) is 0 Å². The van der Waals surface area contributed by atoms with Crippen LogP contribution in [-0.2, 0) is 4.74 Å². The lowest BCUT2D eigenvalue weighted by Gasteiger charge is -2.53.